The molecule has 0 unspecified atom stereocenters. The molecule has 1 amide bonds. The molecule has 1 aromatic rings. The highest BCUT2D eigenvalue weighted by Gasteiger charge is 2.16. The van der Waals surface area contributed by atoms with Crippen molar-refractivity contribution in [3.63, 3.8) is 0 Å². The molecule has 2 N–H and O–H groups in total. The molecule has 0 aliphatic carbocycles. The van der Waals surface area contributed by atoms with E-state index in [9.17, 15) is 4.79 Å². The topological polar surface area (TPSA) is 55.6 Å². The lowest BCUT2D eigenvalue weighted by Gasteiger charge is -2.26. The van der Waals surface area contributed by atoms with Crippen LogP contribution in [0, 0.1) is 0 Å². The number of nitrogens with two attached hydrogens (primary N) is 1. The molecule has 1 aliphatic heterocycles. The minimum atomic E-state index is 0.0886. The maximum Gasteiger partial charge on any atom is 0.260 e. The van der Waals surface area contributed by atoms with Crippen LogP contribution in [0.5, 0.6) is 5.75 Å². The van der Waals surface area contributed by atoms with E-state index in [1.165, 1.54) is 12.0 Å². The van der Waals surface area contributed by atoms with E-state index in [4.69, 9.17) is 10.5 Å². The van der Waals surface area contributed by atoms with Gasteiger partial charge in [-0.3, -0.25) is 4.79 Å². The molecular formula is C15H22N2O2. The molecule has 1 aromatic carbocycles. The third-order valence-corrected chi connectivity index (χ3v) is 3.43. The van der Waals surface area contributed by atoms with Gasteiger partial charge in [-0.25, -0.2) is 0 Å². The van der Waals surface area contributed by atoms with Gasteiger partial charge in [0, 0.05) is 13.1 Å². The predicted octanol–water partition coefficient (Wildman–Crippen LogP) is 1.58. The summed E-state index contributed by atoms with van der Waals surface area (Å²) in [7, 11) is 0. The number of rotatable bonds is 5. The zero-order valence-electron chi connectivity index (χ0n) is 11.3. The molecule has 1 aliphatic rings. The van der Waals surface area contributed by atoms with E-state index in [-0.39, 0.29) is 12.5 Å². The van der Waals surface area contributed by atoms with Crippen molar-refractivity contribution < 1.29 is 9.53 Å². The third kappa shape index (κ3) is 4.24. The monoisotopic (exact) mass is 262 g/mol. The van der Waals surface area contributed by atoms with E-state index in [2.05, 4.69) is 0 Å². The molecule has 0 spiro atoms. The number of nitrogens with zero attached hydrogens (tertiary/aromatic N) is 1. The summed E-state index contributed by atoms with van der Waals surface area (Å²) in [6.07, 6.45) is 4.32. The van der Waals surface area contributed by atoms with Crippen LogP contribution in [0.4, 0.5) is 0 Å². The lowest BCUT2D eigenvalue weighted by Crippen LogP contribution is -2.38. The van der Waals surface area contributed by atoms with Gasteiger partial charge in [0.05, 0.1) is 0 Å². The number of piperidine rings is 1. The molecule has 0 bridgehead atoms. The van der Waals surface area contributed by atoms with Gasteiger partial charge in [0.1, 0.15) is 5.75 Å². The summed E-state index contributed by atoms with van der Waals surface area (Å²) in [4.78, 5) is 13.8. The zero-order valence-corrected chi connectivity index (χ0v) is 11.3. The van der Waals surface area contributed by atoms with Gasteiger partial charge in [0.25, 0.3) is 5.91 Å². The van der Waals surface area contributed by atoms with Gasteiger partial charge in [-0.15, -0.1) is 0 Å². The molecule has 4 nitrogen and oxygen atoms in total. The van der Waals surface area contributed by atoms with E-state index < -0.39 is 0 Å². The lowest BCUT2D eigenvalue weighted by molar-refractivity contribution is -0.134. The molecule has 19 heavy (non-hydrogen) atoms. The highest BCUT2D eigenvalue weighted by atomic mass is 16.5. The van der Waals surface area contributed by atoms with Crippen LogP contribution in [-0.4, -0.2) is 37.0 Å². The Morgan fingerprint density at radius 3 is 2.47 bits per heavy atom. The summed E-state index contributed by atoms with van der Waals surface area (Å²) in [6, 6.07) is 7.78. The lowest BCUT2D eigenvalue weighted by atomic mass is 10.1. The fraction of sp³-hybridized carbons (Fsp3) is 0.533. The maximum atomic E-state index is 11.9. The first-order valence-electron chi connectivity index (χ1n) is 6.99. The Morgan fingerprint density at radius 1 is 1.16 bits per heavy atom. The number of hydrogen-bond donors (Lipinski definition) is 1. The Hall–Kier alpha value is -1.55. The molecule has 1 fully saturated rings. The van der Waals surface area contributed by atoms with Crippen molar-refractivity contribution >= 4 is 5.91 Å². The molecule has 2 rings (SSSR count). The van der Waals surface area contributed by atoms with Crippen molar-refractivity contribution in [2.45, 2.75) is 25.7 Å². The van der Waals surface area contributed by atoms with E-state index in [1.54, 1.807) is 0 Å². The molecule has 1 heterocycles. The van der Waals surface area contributed by atoms with Gasteiger partial charge < -0.3 is 15.4 Å². The number of carbonyl (C=O) groups is 1. The first-order valence-corrected chi connectivity index (χ1v) is 6.99. The summed E-state index contributed by atoms with van der Waals surface area (Å²) in [6.45, 7) is 2.53. The summed E-state index contributed by atoms with van der Waals surface area (Å²) >= 11 is 0. The molecule has 0 aromatic heterocycles. The Bertz CT molecular complexity index is 397. The van der Waals surface area contributed by atoms with Crippen LogP contribution in [0.25, 0.3) is 0 Å². The first-order chi connectivity index (χ1) is 9.29. The SMILES string of the molecule is NCCc1ccc(OCC(=O)N2CCCCC2)cc1. The molecule has 1 saturated heterocycles. The number of likely N-dealkylation sites (tertiary alicyclic amines) is 1. The maximum absolute atomic E-state index is 11.9. The Balaban J connectivity index is 1.79. The molecular weight excluding hydrogens is 240 g/mol. The van der Waals surface area contributed by atoms with Crippen LogP contribution in [0.15, 0.2) is 24.3 Å². The van der Waals surface area contributed by atoms with Gasteiger partial charge >= 0.3 is 0 Å². The second-order valence-electron chi connectivity index (χ2n) is 4.91. The summed E-state index contributed by atoms with van der Waals surface area (Å²) in [5, 5.41) is 0. The molecule has 0 saturated carbocycles. The smallest absolute Gasteiger partial charge is 0.260 e. The third-order valence-electron chi connectivity index (χ3n) is 3.43. The normalized spacial score (nSPS) is 15.3. The van der Waals surface area contributed by atoms with Crippen LogP contribution in [0.3, 0.4) is 0 Å². The van der Waals surface area contributed by atoms with Crippen LogP contribution < -0.4 is 10.5 Å². The summed E-state index contributed by atoms with van der Waals surface area (Å²) in [5.74, 6) is 0.830. The minimum absolute atomic E-state index is 0.0886. The van der Waals surface area contributed by atoms with E-state index in [0.29, 0.717) is 6.54 Å². The van der Waals surface area contributed by atoms with E-state index in [0.717, 1.165) is 38.1 Å². The Kier molecular flexibility index (Phi) is 5.21. The van der Waals surface area contributed by atoms with Crippen LogP contribution in [-0.2, 0) is 11.2 Å². The van der Waals surface area contributed by atoms with Gasteiger partial charge in [0.15, 0.2) is 6.61 Å². The van der Waals surface area contributed by atoms with Crippen molar-refractivity contribution in [1.29, 1.82) is 0 Å². The summed E-state index contributed by atoms with van der Waals surface area (Å²) < 4.78 is 5.53. The van der Waals surface area contributed by atoms with Crippen molar-refractivity contribution in [1.82, 2.24) is 4.90 Å². The standard InChI is InChI=1S/C15H22N2O2/c16-9-8-13-4-6-14(7-5-13)19-12-15(18)17-10-2-1-3-11-17/h4-7H,1-3,8-12,16H2. The van der Waals surface area contributed by atoms with Crippen LogP contribution in [0.2, 0.25) is 0 Å². The molecule has 0 radical (unpaired) electrons. The average molecular weight is 262 g/mol. The zero-order chi connectivity index (χ0) is 13.5. The fourth-order valence-electron chi connectivity index (χ4n) is 2.30. The van der Waals surface area contributed by atoms with Crippen molar-refractivity contribution in [2.24, 2.45) is 5.73 Å². The molecule has 104 valence electrons. The van der Waals surface area contributed by atoms with Crippen LogP contribution >= 0.6 is 0 Å². The van der Waals surface area contributed by atoms with Gasteiger partial charge in [-0.1, -0.05) is 12.1 Å². The van der Waals surface area contributed by atoms with Crippen molar-refractivity contribution in [3.05, 3.63) is 29.8 Å². The highest BCUT2D eigenvalue weighted by molar-refractivity contribution is 5.77. The highest BCUT2D eigenvalue weighted by Crippen LogP contribution is 2.13. The molecule has 4 heteroatoms. The van der Waals surface area contributed by atoms with Gasteiger partial charge in [-0.05, 0) is 49.9 Å². The quantitative estimate of drug-likeness (QED) is 0.876. The average Bonchev–Trinajstić information content (AvgIpc) is 2.47. The number of hydrogen-bond acceptors (Lipinski definition) is 3. The van der Waals surface area contributed by atoms with Crippen LogP contribution in [0.1, 0.15) is 24.8 Å². The number of benzene rings is 1. The summed E-state index contributed by atoms with van der Waals surface area (Å²) in [5.41, 5.74) is 6.69. The molecule has 0 atom stereocenters. The second-order valence-corrected chi connectivity index (χ2v) is 4.91. The van der Waals surface area contributed by atoms with E-state index in [1.807, 2.05) is 29.2 Å². The Morgan fingerprint density at radius 2 is 1.84 bits per heavy atom. The largest absolute Gasteiger partial charge is 0.484 e. The fourth-order valence-corrected chi connectivity index (χ4v) is 2.30. The number of ether oxygens (including phenoxy) is 1. The van der Waals surface area contributed by atoms with Crippen molar-refractivity contribution in [2.75, 3.05) is 26.2 Å². The second kappa shape index (κ2) is 7.14. The number of amides is 1. The van der Waals surface area contributed by atoms with Crippen molar-refractivity contribution in [3.8, 4) is 5.75 Å². The Labute approximate surface area is 114 Å². The predicted molar refractivity (Wildman–Crippen MR) is 75.1 cm³/mol. The minimum Gasteiger partial charge on any atom is -0.484 e. The first kappa shape index (κ1) is 13.9. The van der Waals surface area contributed by atoms with E-state index >= 15 is 0 Å². The number of carbonyl (C=O) groups excluding carboxylic acids is 1. The van der Waals surface area contributed by atoms with Gasteiger partial charge in [-0.2, -0.15) is 0 Å². The van der Waals surface area contributed by atoms with Gasteiger partial charge in [0.2, 0.25) is 0 Å².